The van der Waals surface area contributed by atoms with Crippen molar-refractivity contribution in [3.63, 3.8) is 0 Å². The van der Waals surface area contributed by atoms with Crippen LogP contribution in [-0.2, 0) is 6.54 Å². The molecule has 4 nitrogen and oxygen atoms in total. The van der Waals surface area contributed by atoms with Crippen LogP contribution >= 0.6 is 11.6 Å². The van der Waals surface area contributed by atoms with E-state index in [9.17, 15) is 9.50 Å². The summed E-state index contributed by atoms with van der Waals surface area (Å²) in [5.41, 5.74) is 2.61. The molecule has 1 saturated heterocycles. The Morgan fingerprint density at radius 1 is 0.966 bits per heavy atom. The van der Waals surface area contributed by atoms with Crippen LogP contribution in [0.15, 0.2) is 66.9 Å². The molecule has 6 heteroatoms. The summed E-state index contributed by atoms with van der Waals surface area (Å²) in [6.45, 7) is 3.70. The average Bonchev–Trinajstić information content (AvgIpc) is 2.76. The van der Waals surface area contributed by atoms with Gasteiger partial charge in [0.1, 0.15) is 11.9 Å². The number of benzene rings is 2. The van der Waals surface area contributed by atoms with Crippen molar-refractivity contribution in [2.75, 3.05) is 31.1 Å². The van der Waals surface area contributed by atoms with Crippen LogP contribution in [0.3, 0.4) is 0 Å². The van der Waals surface area contributed by atoms with Gasteiger partial charge in [-0.25, -0.2) is 4.39 Å². The van der Waals surface area contributed by atoms with Crippen LogP contribution in [0, 0.1) is 5.82 Å². The van der Waals surface area contributed by atoms with Gasteiger partial charge in [0.15, 0.2) is 0 Å². The Labute approximate surface area is 175 Å². The molecule has 0 aliphatic carbocycles. The molecule has 4 rings (SSSR count). The van der Waals surface area contributed by atoms with E-state index in [0.29, 0.717) is 30.0 Å². The molecule has 1 aliphatic heterocycles. The zero-order valence-corrected chi connectivity index (χ0v) is 16.8. The van der Waals surface area contributed by atoms with Gasteiger partial charge in [-0.2, -0.15) is 0 Å². The first-order valence-corrected chi connectivity index (χ1v) is 10.1. The minimum absolute atomic E-state index is 0.322. The second-order valence-electron chi connectivity index (χ2n) is 7.19. The molecule has 1 aliphatic rings. The predicted octanol–water partition coefficient (Wildman–Crippen LogP) is 4.28. The molecule has 0 amide bonds. The lowest BCUT2D eigenvalue weighted by Crippen LogP contribution is -2.46. The van der Waals surface area contributed by atoms with Crippen molar-refractivity contribution in [3.05, 3.63) is 94.5 Å². The maximum Gasteiger partial charge on any atom is 0.146 e. The lowest BCUT2D eigenvalue weighted by molar-refractivity contribution is 0.213. The average molecular weight is 412 g/mol. The molecule has 3 aromatic rings. The minimum atomic E-state index is -0.969. The first kappa shape index (κ1) is 19.8. The number of pyridine rings is 1. The zero-order valence-electron chi connectivity index (χ0n) is 16.0. The number of rotatable bonds is 5. The molecular weight excluding hydrogens is 389 g/mol. The molecular formula is C23H23ClFN3O. The third-order valence-corrected chi connectivity index (χ3v) is 5.69. The summed E-state index contributed by atoms with van der Waals surface area (Å²) in [5, 5.41) is 11.6. The van der Waals surface area contributed by atoms with Gasteiger partial charge < -0.3 is 10.0 Å². The number of hydrogen-bond acceptors (Lipinski definition) is 4. The molecule has 1 atom stereocenters. The summed E-state index contributed by atoms with van der Waals surface area (Å²) in [5.74, 6) is -0.322. The van der Waals surface area contributed by atoms with E-state index in [1.54, 1.807) is 30.5 Å². The van der Waals surface area contributed by atoms with Gasteiger partial charge in [0.05, 0.1) is 11.4 Å². The second-order valence-corrected chi connectivity index (χ2v) is 7.60. The van der Waals surface area contributed by atoms with E-state index in [0.717, 1.165) is 30.2 Å². The Morgan fingerprint density at radius 3 is 2.45 bits per heavy atom. The topological polar surface area (TPSA) is 39.6 Å². The number of nitrogens with zero attached hydrogens (tertiary/aromatic N) is 3. The van der Waals surface area contributed by atoms with Crippen molar-refractivity contribution >= 4 is 17.3 Å². The fourth-order valence-electron chi connectivity index (χ4n) is 3.78. The Bertz CT molecular complexity index is 961. The van der Waals surface area contributed by atoms with Crippen LogP contribution in [0.25, 0.3) is 0 Å². The van der Waals surface area contributed by atoms with Crippen molar-refractivity contribution in [1.29, 1.82) is 0 Å². The summed E-state index contributed by atoms with van der Waals surface area (Å²) in [7, 11) is 0. The van der Waals surface area contributed by atoms with E-state index in [-0.39, 0.29) is 5.82 Å². The van der Waals surface area contributed by atoms with Gasteiger partial charge in [0, 0.05) is 49.5 Å². The Kier molecular flexibility index (Phi) is 6.09. The molecule has 1 N–H and O–H groups in total. The first-order valence-electron chi connectivity index (χ1n) is 9.71. The molecule has 2 aromatic carbocycles. The molecule has 0 spiro atoms. The summed E-state index contributed by atoms with van der Waals surface area (Å²) in [4.78, 5) is 8.55. The molecule has 1 fully saturated rings. The normalized spacial score (nSPS) is 16.0. The van der Waals surface area contributed by atoms with Crippen molar-refractivity contribution < 1.29 is 9.50 Å². The molecule has 150 valence electrons. The van der Waals surface area contributed by atoms with Crippen molar-refractivity contribution in [2.24, 2.45) is 0 Å². The van der Waals surface area contributed by atoms with Gasteiger partial charge >= 0.3 is 0 Å². The highest BCUT2D eigenvalue weighted by Gasteiger charge is 2.25. The first-order chi connectivity index (χ1) is 14.1. The molecule has 29 heavy (non-hydrogen) atoms. The molecule has 1 aromatic heterocycles. The Balaban J connectivity index is 1.51. The monoisotopic (exact) mass is 411 g/mol. The third-order valence-electron chi connectivity index (χ3n) is 5.32. The number of aliphatic hydroxyl groups is 1. The van der Waals surface area contributed by atoms with Crippen LogP contribution in [0.1, 0.15) is 22.9 Å². The Hall–Kier alpha value is -2.47. The third kappa shape index (κ3) is 4.42. The number of aromatic nitrogens is 1. The number of halogens is 2. The van der Waals surface area contributed by atoms with Gasteiger partial charge in [-0.05, 0) is 29.8 Å². The summed E-state index contributed by atoms with van der Waals surface area (Å²) >= 11 is 6.28. The quantitative estimate of drug-likeness (QED) is 0.680. The molecule has 2 heterocycles. The van der Waals surface area contributed by atoms with E-state index >= 15 is 0 Å². The smallest absolute Gasteiger partial charge is 0.146 e. The molecule has 0 radical (unpaired) electrons. The highest BCUT2D eigenvalue weighted by atomic mass is 35.5. The van der Waals surface area contributed by atoms with Gasteiger partial charge in [0.2, 0.25) is 0 Å². The number of piperazine rings is 1. The lowest BCUT2D eigenvalue weighted by Gasteiger charge is -2.37. The minimum Gasteiger partial charge on any atom is -0.382 e. The summed E-state index contributed by atoms with van der Waals surface area (Å²) in [6, 6.07) is 18.1. The van der Waals surface area contributed by atoms with Crippen molar-refractivity contribution in [1.82, 2.24) is 9.88 Å². The van der Waals surface area contributed by atoms with Crippen LogP contribution in [0.2, 0.25) is 5.02 Å². The number of para-hydroxylation sites is 1. The SMILES string of the molecule is OC(c1ccccn1)c1cccc(F)c1N1CCN(Cc2ccccc2Cl)CC1. The molecule has 0 bridgehead atoms. The Morgan fingerprint density at radius 2 is 1.72 bits per heavy atom. The summed E-state index contributed by atoms with van der Waals surface area (Å²) < 4.78 is 14.8. The maximum atomic E-state index is 14.8. The van der Waals surface area contributed by atoms with Gasteiger partial charge in [-0.15, -0.1) is 0 Å². The highest BCUT2D eigenvalue weighted by Crippen LogP contribution is 2.33. The van der Waals surface area contributed by atoms with Crippen LogP contribution in [-0.4, -0.2) is 41.2 Å². The van der Waals surface area contributed by atoms with Crippen LogP contribution < -0.4 is 4.90 Å². The van der Waals surface area contributed by atoms with Crippen LogP contribution in [0.5, 0.6) is 0 Å². The highest BCUT2D eigenvalue weighted by molar-refractivity contribution is 6.31. The van der Waals surface area contributed by atoms with Gasteiger partial charge in [-0.3, -0.25) is 9.88 Å². The van der Waals surface area contributed by atoms with Gasteiger partial charge in [0.25, 0.3) is 0 Å². The standard InChI is InChI=1S/C23H23ClFN3O/c24-19-8-2-1-6-17(19)16-27-12-14-28(15-13-27)22-18(7-5-9-20(22)25)23(29)21-10-3-4-11-26-21/h1-11,23,29H,12-16H2. The van der Waals surface area contributed by atoms with E-state index in [1.807, 2.05) is 35.2 Å². The lowest BCUT2D eigenvalue weighted by atomic mass is 10.0. The fraction of sp³-hybridized carbons (Fsp3) is 0.261. The fourth-order valence-corrected chi connectivity index (χ4v) is 3.98. The van der Waals surface area contributed by atoms with E-state index < -0.39 is 6.10 Å². The van der Waals surface area contributed by atoms with E-state index in [1.165, 1.54) is 6.07 Å². The second kappa shape index (κ2) is 8.91. The van der Waals surface area contributed by atoms with Gasteiger partial charge in [-0.1, -0.05) is 48.0 Å². The van der Waals surface area contributed by atoms with Crippen LogP contribution in [0.4, 0.5) is 10.1 Å². The predicted molar refractivity (Wildman–Crippen MR) is 114 cm³/mol. The van der Waals surface area contributed by atoms with E-state index in [2.05, 4.69) is 9.88 Å². The number of anilines is 1. The largest absolute Gasteiger partial charge is 0.382 e. The summed E-state index contributed by atoms with van der Waals surface area (Å²) in [6.07, 6.45) is 0.661. The molecule has 0 saturated carbocycles. The van der Waals surface area contributed by atoms with E-state index in [4.69, 9.17) is 11.6 Å². The number of hydrogen-bond donors (Lipinski definition) is 1. The zero-order chi connectivity index (χ0) is 20.2. The molecule has 1 unspecified atom stereocenters. The maximum absolute atomic E-state index is 14.8. The van der Waals surface area contributed by atoms with Crippen molar-refractivity contribution in [2.45, 2.75) is 12.6 Å². The number of aliphatic hydroxyl groups excluding tert-OH is 1. The van der Waals surface area contributed by atoms with Crippen molar-refractivity contribution in [3.8, 4) is 0 Å².